The van der Waals surface area contributed by atoms with Crippen LogP contribution in [0, 0.1) is 11.5 Å². The van der Waals surface area contributed by atoms with Gasteiger partial charge in [0.15, 0.2) is 6.19 Å². The van der Waals surface area contributed by atoms with Crippen molar-refractivity contribution >= 4 is 17.4 Å². The molecule has 0 unspecified atom stereocenters. The molecule has 0 aliphatic carbocycles. The molecule has 1 aromatic rings. The van der Waals surface area contributed by atoms with E-state index >= 15 is 0 Å². The molecule has 0 bridgehead atoms. The molecule has 0 atom stereocenters. The van der Waals surface area contributed by atoms with E-state index in [2.05, 4.69) is 18.5 Å². The van der Waals surface area contributed by atoms with Crippen LogP contribution >= 0.6 is 11.8 Å². The molecule has 0 N–H and O–H groups in total. The van der Waals surface area contributed by atoms with Gasteiger partial charge in [-0.25, -0.2) is 0 Å². The zero-order chi connectivity index (χ0) is 10.7. The van der Waals surface area contributed by atoms with Crippen LogP contribution in [0.5, 0.6) is 0 Å². The highest BCUT2D eigenvalue weighted by molar-refractivity contribution is 8.02. The van der Waals surface area contributed by atoms with Crippen LogP contribution in [0.15, 0.2) is 40.3 Å². The molecule has 1 heterocycles. The van der Waals surface area contributed by atoms with Gasteiger partial charge in [0.1, 0.15) is 0 Å². The summed E-state index contributed by atoms with van der Waals surface area (Å²) in [5, 5.41) is 11.2. The van der Waals surface area contributed by atoms with Crippen molar-refractivity contribution in [3.63, 3.8) is 0 Å². The molecular weight excluding hydrogens is 204 g/mol. The summed E-state index contributed by atoms with van der Waals surface area (Å²) in [4.78, 5) is 2.88. The van der Waals surface area contributed by atoms with Crippen LogP contribution in [0.4, 0.5) is 5.69 Å². The molecule has 0 spiro atoms. The fourth-order valence-corrected chi connectivity index (χ4v) is 2.55. The van der Waals surface area contributed by atoms with Crippen molar-refractivity contribution in [3.8, 4) is 6.19 Å². The number of thioether (sulfide) groups is 1. The summed E-state index contributed by atoms with van der Waals surface area (Å²) in [6, 6.07) is 8.01. The van der Waals surface area contributed by atoms with Crippen molar-refractivity contribution in [3.05, 3.63) is 35.4 Å². The molecule has 76 valence electrons. The first-order valence-corrected chi connectivity index (χ1v) is 5.89. The SMILES string of the molecule is CCCC1=CSc2ccccc2N1C#N. The molecule has 3 heteroatoms. The highest BCUT2D eigenvalue weighted by atomic mass is 32.2. The molecule has 1 aliphatic rings. The third kappa shape index (κ3) is 1.86. The fourth-order valence-electron chi connectivity index (χ4n) is 1.63. The molecule has 0 amide bonds. The van der Waals surface area contributed by atoms with Gasteiger partial charge in [0.05, 0.1) is 5.69 Å². The summed E-state index contributed by atoms with van der Waals surface area (Å²) in [7, 11) is 0. The third-order valence-corrected chi connectivity index (χ3v) is 3.31. The first kappa shape index (κ1) is 10.1. The zero-order valence-corrected chi connectivity index (χ0v) is 9.42. The lowest BCUT2D eigenvalue weighted by Crippen LogP contribution is -2.18. The summed E-state index contributed by atoms with van der Waals surface area (Å²) in [5.74, 6) is 0. The lowest BCUT2D eigenvalue weighted by atomic mass is 10.2. The maximum atomic E-state index is 9.16. The van der Waals surface area contributed by atoms with Crippen molar-refractivity contribution in [2.45, 2.75) is 24.7 Å². The van der Waals surface area contributed by atoms with Crippen LogP contribution < -0.4 is 4.90 Å². The van der Waals surface area contributed by atoms with E-state index in [0.717, 1.165) is 29.1 Å². The van der Waals surface area contributed by atoms with Crippen LogP contribution in [0.25, 0.3) is 0 Å². The molecule has 0 radical (unpaired) electrons. The minimum Gasteiger partial charge on any atom is -0.250 e. The molecule has 0 saturated heterocycles. The number of rotatable bonds is 2. The first-order valence-electron chi connectivity index (χ1n) is 5.01. The molecule has 1 aliphatic heterocycles. The largest absolute Gasteiger partial charge is 0.250 e. The maximum absolute atomic E-state index is 9.16. The number of hydrogen-bond donors (Lipinski definition) is 0. The Kier molecular flexibility index (Phi) is 2.98. The van der Waals surface area contributed by atoms with E-state index in [1.54, 1.807) is 16.7 Å². The first-order chi connectivity index (χ1) is 7.36. The minimum atomic E-state index is 0.953. The van der Waals surface area contributed by atoms with Gasteiger partial charge in [-0.05, 0) is 24.0 Å². The second-order valence-electron chi connectivity index (χ2n) is 3.38. The van der Waals surface area contributed by atoms with Gasteiger partial charge in [-0.15, -0.1) is 0 Å². The van der Waals surface area contributed by atoms with Gasteiger partial charge in [0, 0.05) is 10.6 Å². The van der Waals surface area contributed by atoms with Crippen molar-refractivity contribution < 1.29 is 0 Å². The summed E-state index contributed by atoms with van der Waals surface area (Å²) >= 11 is 1.70. The second-order valence-corrected chi connectivity index (χ2v) is 4.29. The van der Waals surface area contributed by atoms with Crippen LogP contribution in [-0.2, 0) is 0 Å². The normalized spacial score (nSPS) is 14.1. The number of nitriles is 1. The highest BCUT2D eigenvalue weighted by Crippen LogP contribution is 2.38. The van der Waals surface area contributed by atoms with Gasteiger partial charge in [-0.3, -0.25) is 4.90 Å². The van der Waals surface area contributed by atoms with E-state index in [9.17, 15) is 0 Å². The summed E-state index contributed by atoms with van der Waals surface area (Å²) < 4.78 is 0. The van der Waals surface area contributed by atoms with E-state index in [4.69, 9.17) is 5.26 Å². The monoisotopic (exact) mass is 216 g/mol. The Labute approximate surface area is 94.2 Å². The minimum absolute atomic E-state index is 0.953. The lowest BCUT2D eigenvalue weighted by molar-refractivity contribution is 0.873. The van der Waals surface area contributed by atoms with Crippen LogP contribution in [0.3, 0.4) is 0 Å². The Morgan fingerprint density at radius 3 is 2.93 bits per heavy atom. The quantitative estimate of drug-likeness (QED) is 0.705. The average Bonchev–Trinajstić information content (AvgIpc) is 2.29. The van der Waals surface area contributed by atoms with Gasteiger partial charge < -0.3 is 0 Å². The number of allylic oxidation sites excluding steroid dienone is 1. The Balaban J connectivity index is 2.38. The number of nitrogens with zero attached hydrogens (tertiary/aromatic N) is 2. The van der Waals surface area contributed by atoms with Crippen molar-refractivity contribution in [2.24, 2.45) is 0 Å². The van der Waals surface area contributed by atoms with E-state index in [1.807, 2.05) is 24.3 Å². The predicted octanol–water partition coefficient (Wildman–Crippen LogP) is 3.72. The van der Waals surface area contributed by atoms with Crippen LogP contribution in [-0.4, -0.2) is 0 Å². The van der Waals surface area contributed by atoms with E-state index in [-0.39, 0.29) is 0 Å². The molecule has 1 aromatic carbocycles. The Morgan fingerprint density at radius 1 is 1.40 bits per heavy atom. The molecular formula is C12H12N2S. The van der Waals surface area contributed by atoms with E-state index in [1.165, 1.54) is 0 Å². The maximum Gasteiger partial charge on any atom is 0.189 e. The Bertz CT molecular complexity index is 431. The van der Waals surface area contributed by atoms with Crippen molar-refractivity contribution in [1.29, 1.82) is 5.26 Å². The smallest absolute Gasteiger partial charge is 0.189 e. The molecule has 0 saturated carbocycles. The van der Waals surface area contributed by atoms with Crippen LogP contribution in [0.1, 0.15) is 19.8 Å². The lowest BCUT2D eigenvalue weighted by Gasteiger charge is -2.25. The molecule has 0 fully saturated rings. The van der Waals surface area contributed by atoms with Crippen molar-refractivity contribution in [1.82, 2.24) is 0 Å². The molecule has 2 nitrogen and oxygen atoms in total. The summed E-state index contributed by atoms with van der Waals surface area (Å²) in [6.07, 6.45) is 4.26. The van der Waals surface area contributed by atoms with E-state index < -0.39 is 0 Å². The van der Waals surface area contributed by atoms with Gasteiger partial charge >= 0.3 is 0 Å². The predicted molar refractivity (Wildman–Crippen MR) is 63.4 cm³/mol. The fraction of sp³-hybridized carbons (Fsp3) is 0.250. The summed E-state index contributed by atoms with van der Waals surface area (Å²) in [5.41, 5.74) is 2.11. The topological polar surface area (TPSA) is 27.0 Å². The van der Waals surface area contributed by atoms with Gasteiger partial charge in [-0.2, -0.15) is 5.26 Å². The number of benzene rings is 1. The number of para-hydroxylation sites is 1. The number of hydrogen-bond acceptors (Lipinski definition) is 3. The van der Waals surface area contributed by atoms with E-state index in [0.29, 0.717) is 0 Å². The third-order valence-electron chi connectivity index (χ3n) is 2.32. The summed E-state index contributed by atoms with van der Waals surface area (Å²) in [6.45, 7) is 2.13. The Morgan fingerprint density at radius 2 is 2.20 bits per heavy atom. The highest BCUT2D eigenvalue weighted by Gasteiger charge is 2.18. The van der Waals surface area contributed by atoms with Gasteiger partial charge in [0.2, 0.25) is 0 Å². The zero-order valence-electron chi connectivity index (χ0n) is 8.60. The Hall–Kier alpha value is -1.40. The standard InChI is InChI=1S/C12H12N2S/c1-2-5-10-8-15-12-7-4-3-6-11(12)14(10)9-13/h3-4,6-8H,2,5H2,1H3. The molecule has 2 rings (SSSR count). The second kappa shape index (κ2) is 4.41. The van der Waals surface area contributed by atoms with Gasteiger partial charge in [0.25, 0.3) is 0 Å². The number of anilines is 1. The average molecular weight is 216 g/mol. The van der Waals surface area contributed by atoms with Crippen molar-refractivity contribution in [2.75, 3.05) is 4.90 Å². The van der Waals surface area contributed by atoms with Crippen LogP contribution in [0.2, 0.25) is 0 Å². The molecule has 15 heavy (non-hydrogen) atoms. The van der Waals surface area contributed by atoms with Gasteiger partial charge in [-0.1, -0.05) is 37.2 Å². The number of fused-ring (bicyclic) bond motifs is 1. The molecule has 0 aromatic heterocycles.